The van der Waals surface area contributed by atoms with Crippen molar-refractivity contribution in [1.29, 1.82) is 0 Å². The first-order valence-electron chi connectivity index (χ1n) is 6.02. The van der Waals surface area contributed by atoms with Crippen molar-refractivity contribution in [3.8, 4) is 0 Å². The maximum atomic E-state index is 11.7. The van der Waals surface area contributed by atoms with Crippen LogP contribution in [-0.2, 0) is 9.53 Å². The lowest BCUT2D eigenvalue weighted by atomic mass is 9.75. The normalized spacial score (nSPS) is 23.8. The van der Waals surface area contributed by atoms with Crippen LogP contribution in [0.4, 0.5) is 4.79 Å². The first-order valence-corrected chi connectivity index (χ1v) is 6.02. The van der Waals surface area contributed by atoms with Crippen molar-refractivity contribution in [3.63, 3.8) is 0 Å². The second kappa shape index (κ2) is 5.42. The van der Waals surface area contributed by atoms with E-state index in [2.05, 4.69) is 6.58 Å². The van der Waals surface area contributed by atoms with Crippen LogP contribution in [0.15, 0.2) is 12.7 Å². The van der Waals surface area contributed by atoms with Gasteiger partial charge in [-0.05, 0) is 11.3 Å². The summed E-state index contributed by atoms with van der Waals surface area (Å²) in [5.41, 5.74) is -0.156. The number of aliphatic carboxylic acids is 1. The molecule has 0 spiro atoms. The number of nitrogens with zero attached hydrogens (tertiary/aromatic N) is 1. The van der Waals surface area contributed by atoms with Crippen LogP contribution in [-0.4, -0.2) is 41.8 Å². The second-order valence-corrected chi connectivity index (χ2v) is 5.69. The van der Waals surface area contributed by atoms with Crippen LogP contribution in [0.2, 0.25) is 0 Å². The van der Waals surface area contributed by atoms with Gasteiger partial charge in [-0.3, -0.25) is 4.79 Å². The van der Waals surface area contributed by atoms with E-state index in [0.717, 1.165) is 0 Å². The van der Waals surface area contributed by atoms with Crippen LogP contribution in [0.1, 0.15) is 20.8 Å². The molecule has 1 heterocycles. The van der Waals surface area contributed by atoms with Crippen LogP contribution in [0.5, 0.6) is 0 Å². The molecular formula is C13H21NO4. The third-order valence-corrected chi connectivity index (χ3v) is 3.33. The monoisotopic (exact) mass is 255 g/mol. The molecule has 0 bridgehead atoms. The van der Waals surface area contributed by atoms with Crippen LogP contribution >= 0.6 is 0 Å². The molecule has 1 saturated heterocycles. The molecule has 1 amide bonds. The zero-order valence-corrected chi connectivity index (χ0v) is 11.2. The molecule has 18 heavy (non-hydrogen) atoms. The van der Waals surface area contributed by atoms with E-state index in [4.69, 9.17) is 4.74 Å². The van der Waals surface area contributed by atoms with E-state index in [1.807, 2.05) is 20.8 Å². The molecule has 5 heteroatoms. The SMILES string of the molecule is C=CCOC(=O)N1C[C@@H](C(C)(C)C)[C@H](C(=O)O)C1. The zero-order valence-electron chi connectivity index (χ0n) is 11.2. The minimum absolute atomic E-state index is 0.0636. The first kappa shape index (κ1) is 14.5. The molecule has 2 atom stereocenters. The average Bonchev–Trinajstić information content (AvgIpc) is 2.70. The summed E-state index contributed by atoms with van der Waals surface area (Å²) in [4.78, 5) is 24.4. The van der Waals surface area contributed by atoms with Crippen LogP contribution in [0.3, 0.4) is 0 Å². The van der Waals surface area contributed by atoms with Gasteiger partial charge in [-0.25, -0.2) is 4.79 Å². The molecule has 0 aliphatic carbocycles. The lowest BCUT2D eigenvalue weighted by molar-refractivity contribution is -0.143. The Hall–Kier alpha value is -1.52. The predicted octanol–water partition coefficient (Wildman–Crippen LogP) is 1.99. The molecule has 0 aromatic heterocycles. The molecular weight excluding hydrogens is 234 g/mol. The molecule has 0 aromatic carbocycles. The Kier molecular flexibility index (Phi) is 4.38. The van der Waals surface area contributed by atoms with Gasteiger partial charge < -0.3 is 14.7 Å². The Bertz CT molecular complexity index is 345. The minimum atomic E-state index is -0.853. The highest BCUT2D eigenvalue weighted by molar-refractivity contribution is 5.74. The van der Waals surface area contributed by atoms with Gasteiger partial charge in [-0.15, -0.1) is 0 Å². The summed E-state index contributed by atoms with van der Waals surface area (Å²) in [6.45, 7) is 10.2. The van der Waals surface area contributed by atoms with Gasteiger partial charge in [0.1, 0.15) is 6.61 Å². The molecule has 1 rings (SSSR count). The largest absolute Gasteiger partial charge is 0.481 e. The molecule has 1 fully saturated rings. The van der Waals surface area contributed by atoms with Gasteiger partial charge in [0.15, 0.2) is 0 Å². The minimum Gasteiger partial charge on any atom is -0.481 e. The molecule has 102 valence electrons. The smallest absolute Gasteiger partial charge is 0.410 e. The summed E-state index contributed by atoms with van der Waals surface area (Å²) < 4.78 is 4.94. The van der Waals surface area contributed by atoms with Crippen LogP contribution in [0.25, 0.3) is 0 Å². The molecule has 5 nitrogen and oxygen atoms in total. The van der Waals surface area contributed by atoms with Crippen molar-refractivity contribution < 1.29 is 19.4 Å². The van der Waals surface area contributed by atoms with Gasteiger partial charge in [0.25, 0.3) is 0 Å². The summed E-state index contributed by atoms with van der Waals surface area (Å²) in [6.07, 6.45) is 1.03. The average molecular weight is 255 g/mol. The van der Waals surface area contributed by atoms with E-state index in [9.17, 15) is 14.7 Å². The second-order valence-electron chi connectivity index (χ2n) is 5.69. The van der Waals surface area contributed by atoms with E-state index in [1.165, 1.54) is 11.0 Å². The van der Waals surface area contributed by atoms with Gasteiger partial charge >= 0.3 is 12.1 Å². The maximum absolute atomic E-state index is 11.7. The summed E-state index contributed by atoms with van der Waals surface area (Å²) in [5.74, 6) is -1.44. The lowest BCUT2D eigenvalue weighted by Crippen LogP contribution is -2.32. The Morgan fingerprint density at radius 3 is 2.44 bits per heavy atom. The molecule has 0 unspecified atom stereocenters. The fraction of sp³-hybridized carbons (Fsp3) is 0.692. The highest BCUT2D eigenvalue weighted by atomic mass is 16.6. The van der Waals surface area contributed by atoms with Crippen molar-refractivity contribution in [2.45, 2.75) is 20.8 Å². The molecule has 1 aliphatic heterocycles. The lowest BCUT2D eigenvalue weighted by Gasteiger charge is -2.29. The van der Waals surface area contributed by atoms with Crippen molar-refractivity contribution in [3.05, 3.63) is 12.7 Å². The fourth-order valence-corrected chi connectivity index (χ4v) is 2.30. The third-order valence-electron chi connectivity index (χ3n) is 3.33. The first-order chi connectivity index (χ1) is 8.27. The molecule has 0 aromatic rings. The number of likely N-dealkylation sites (tertiary alicyclic amines) is 1. The van der Waals surface area contributed by atoms with Gasteiger partial charge in [0, 0.05) is 13.1 Å². The summed E-state index contributed by atoms with van der Waals surface area (Å²) in [5, 5.41) is 9.23. The predicted molar refractivity (Wildman–Crippen MR) is 67.2 cm³/mol. The number of carbonyl (C=O) groups excluding carboxylic acids is 1. The van der Waals surface area contributed by atoms with Gasteiger partial charge in [-0.1, -0.05) is 33.4 Å². The number of ether oxygens (including phenoxy) is 1. The van der Waals surface area contributed by atoms with E-state index in [-0.39, 0.29) is 24.5 Å². The quantitative estimate of drug-likeness (QED) is 0.783. The van der Waals surface area contributed by atoms with E-state index < -0.39 is 18.0 Å². The molecule has 1 aliphatic rings. The Labute approximate surface area is 107 Å². The van der Waals surface area contributed by atoms with Gasteiger partial charge in [-0.2, -0.15) is 0 Å². The third kappa shape index (κ3) is 3.24. The summed E-state index contributed by atoms with van der Waals surface area (Å²) >= 11 is 0. The van der Waals surface area contributed by atoms with Crippen LogP contribution in [0, 0.1) is 17.3 Å². The van der Waals surface area contributed by atoms with E-state index in [1.54, 1.807) is 0 Å². The van der Waals surface area contributed by atoms with E-state index in [0.29, 0.717) is 6.54 Å². The Balaban J connectivity index is 2.75. The molecule has 0 saturated carbocycles. The fourth-order valence-electron chi connectivity index (χ4n) is 2.30. The zero-order chi connectivity index (χ0) is 13.9. The topological polar surface area (TPSA) is 66.8 Å². The number of rotatable bonds is 3. The Morgan fingerprint density at radius 2 is 2.06 bits per heavy atom. The standard InChI is InChI=1S/C13H21NO4/c1-5-6-18-12(17)14-7-9(11(15)16)10(8-14)13(2,3)4/h5,9-10H,1,6-8H2,2-4H3,(H,15,16)/t9-,10-/m1/s1. The van der Waals surface area contributed by atoms with Gasteiger partial charge in [0.2, 0.25) is 0 Å². The molecule has 0 radical (unpaired) electrons. The number of hydrogen-bond acceptors (Lipinski definition) is 3. The summed E-state index contributed by atoms with van der Waals surface area (Å²) in [7, 11) is 0. The van der Waals surface area contributed by atoms with Crippen molar-refractivity contribution in [2.75, 3.05) is 19.7 Å². The number of amides is 1. The van der Waals surface area contributed by atoms with E-state index >= 15 is 0 Å². The number of carbonyl (C=O) groups is 2. The number of carboxylic acid groups (broad SMARTS) is 1. The van der Waals surface area contributed by atoms with Crippen molar-refractivity contribution >= 4 is 12.1 Å². The highest BCUT2D eigenvalue weighted by Crippen LogP contribution is 2.38. The van der Waals surface area contributed by atoms with Crippen molar-refractivity contribution in [2.24, 2.45) is 17.3 Å². The number of hydrogen-bond donors (Lipinski definition) is 1. The van der Waals surface area contributed by atoms with Crippen molar-refractivity contribution in [1.82, 2.24) is 4.90 Å². The highest BCUT2D eigenvalue weighted by Gasteiger charge is 2.45. The van der Waals surface area contributed by atoms with Crippen LogP contribution < -0.4 is 0 Å². The van der Waals surface area contributed by atoms with Gasteiger partial charge in [0.05, 0.1) is 5.92 Å². The Morgan fingerprint density at radius 1 is 1.44 bits per heavy atom. The summed E-state index contributed by atoms with van der Waals surface area (Å²) in [6, 6.07) is 0. The molecule has 1 N–H and O–H groups in total. The number of carboxylic acids is 1. The maximum Gasteiger partial charge on any atom is 0.410 e.